The SMILES string of the molecule is C=CC12CCC1CC(C)[PH]2(C)C. The van der Waals surface area contributed by atoms with Crippen molar-refractivity contribution in [1.82, 2.24) is 0 Å². The van der Waals surface area contributed by atoms with Crippen molar-refractivity contribution >= 4 is 7.26 Å². The van der Waals surface area contributed by atoms with Crippen LogP contribution in [0.15, 0.2) is 12.7 Å². The molecular weight excluding hydrogens is 163 g/mol. The van der Waals surface area contributed by atoms with Gasteiger partial charge in [0.25, 0.3) is 0 Å². The van der Waals surface area contributed by atoms with Crippen LogP contribution < -0.4 is 0 Å². The van der Waals surface area contributed by atoms with Crippen LogP contribution in [0.2, 0.25) is 0 Å². The summed E-state index contributed by atoms with van der Waals surface area (Å²) in [6.45, 7) is 11.7. The van der Waals surface area contributed by atoms with Gasteiger partial charge in [-0.05, 0) is 0 Å². The van der Waals surface area contributed by atoms with Crippen LogP contribution >= 0.6 is 7.26 Å². The first kappa shape index (κ1) is 8.75. The summed E-state index contributed by atoms with van der Waals surface area (Å²) in [5.74, 6) is 1.02. The van der Waals surface area contributed by atoms with Gasteiger partial charge in [-0.15, -0.1) is 0 Å². The van der Waals surface area contributed by atoms with E-state index < -0.39 is 7.26 Å². The summed E-state index contributed by atoms with van der Waals surface area (Å²) >= 11 is 0. The monoisotopic (exact) mass is 184 g/mol. The fourth-order valence-electron chi connectivity index (χ4n) is 3.55. The van der Waals surface area contributed by atoms with E-state index in [1.165, 1.54) is 19.3 Å². The van der Waals surface area contributed by atoms with Gasteiger partial charge in [0.05, 0.1) is 0 Å². The van der Waals surface area contributed by atoms with E-state index in [-0.39, 0.29) is 0 Å². The molecule has 0 amide bonds. The fourth-order valence-corrected chi connectivity index (χ4v) is 7.97. The molecule has 0 nitrogen and oxygen atoms in total. The first-order valence-electron chi connectivity index (χ1n) is 5.18. The summed E-state index contributed by atoms with van der Waals surface area (Å²) in [5.41, 5.74) is 1.02. The Bertz CT molecular complexity index is 219. The summed E-state index contributed by atoms with van der Waals surface area (Å²) in [7, 11) is -0.992. The van der Waals surface area contributed by atoms with Crippen molar-refractivity contribution in [3.63, 3.8) is 0 Å². The van der Waals surface area contributed by atoms with E-state index in [2.05, 4.69) is 32.9 Å². The topological polar surface area (TPSA) is 0 Å². The Morgan fingerprint density at radius 3 is 2.42 bits per heavy atom. The minimum atomic E-state index is -0.992. The van der Waals surface area contributed by atoms with Gasteiger partial charge in [-0.25, -0.2) is 0 Å². The Morgan fingerprint density at radius 1 is 1.50 bits per heavy atom. The van der Waals surface area contributed by atoms with Crippen molar-refractivity contribution in [2.24, 2.45) is 5.92 Å². The Hall–Kier alpha value is 0.170. The van der Waals surface area contributed by atoms with Gasteiger partial charge in [-0.3, -0.25) is 0 Å². The molecule has 0 radical (unpaired) electrons. The molecule has 0 spiro atoms. The number of allylic oxidation sites excluding steroid dienone is 1. The number of fused-ring (bicyclic) bond motifs is 1. The molecule has 3 unspecified atom stereocenters. The van der Waals surface area contributed by atoms with Gasteiger partial charge in [-0.2, -0.15) is 0 Å². The van der Waals surface area contributed by atoms with Crippen molar-refractivity contribution in [2.45, 2.75) is 37.0 Å². The van der Waals surface area contributed by atoms with E-state index in [0.717, 1.165) is 11.6 Å². The van der Waals surface area contributed by atoms with Crippen LogP contribution in [0.1, 0.15) is 26.2 Å². The summed E-state index contributed by atoms with van der Waals surface area (Å²) in [6.07, 6.45) is 6.74. The summed E-state index contributed by atoms with van der Waals surface area (Å²) in [5, 5.41) is 0.645. The molecule has 0 aromatic heterocycles. The molecule has 1 aliphatic heterocycles. The number of rotatable bonds is 1. The fraction of sp³-hybridized carbons (Fsp3) is 0.818. The second-order valence-corrected chi connectivity index (χ2v) is 10.7. The van der Waals surface area contributed by atoms with E-state index in [9.17, 15) is 0 Å². The molecular formula is C11H21P. The predicted molar refractivity (Wildman–Crippen MR) is 59.9 cm³/mol. The summed E-state index contributed by atoms with van der Waals surface area (Å²) < 4.78 is 0. The number of hydrogen-bond acceptors (Lipinski definition) is 0. The van der Waals surface area contributed by atoms with E-state index in [1.807, 2.05) is 0 Å². The molecule has 70 valence electrons. The van der Waals surface area contributed by atoms with Crippen molar-refractivity contribution in [2.75, 3.05) is 13.3 Å². The molecule has 12 heavy (non-hydrogen) atoms. The molecule has 1 heteroatoms. The summed E-state index contributed by atoms with van der Waals surface area (Å²) in [4.78, 5) is 0. The van der Waals surface area contributed by atoms with E-state index >= 15 is 0 Å². The third kappa shape index (κ3) is 0.732. The van der Waals surface area contributed by atoms with Crippen LogP contribution in [0.4, 0.5) is 0 Å². The van der Waals surface area contributed by atoms with E-state index in [0.29, 0.717) is 5.16 Å². The summed E-state index contributed by atoms with van der Waals surface area (Å²) in [6, 6.07) is 0. The van der Waals surface area contributed by atoms with Crippen molar-refractivity contribution in [3.05, 3.63) is 12.7 Å². The van der Waals surface area contributed by atoms with E-state index in [4.69, 9.17) is 0 Å². The Morgan fingerprint density at radius 2 is 2.17 bits per heavy atom. The van der Waals surface area contributed by atoms with E-state index in [1.54, 1.807) is 0 Å². The van der Waals surface area contributed by atoms with Gasteiger partial charge >= 0.3 is 76.2 Å². The van der Waals surface area contributed by atoms with Gasteiger partial charge in [0, 0.05) is 0 Å². The van der Waals surface area contributed by atoms with Crippen molar-refractivity contribution in [1.29, 1.82) is 0 Å². The van der Waals surface area contributed by atoms with Crippen LogP contribution in [-0.2, 0) is 0 Å². The van der Waals surface area contributed by atoms with Crippen molar-refractivity contribution in [3.8, 4) is 0 Å². The Labute approximate surface area is 76.8 Å². The molecule has 1 heterocycles. The Kier molecular flexibility index (Phi) is 1.71. The molecule has 0 N–H and O–H groups in total. The first-order valence-corrected chi connectivity index (χ1v) is 8.26. The maximum absolute atomic E-state index is 4.08. The zero-order chi connectivity index (χ0) is 8.98. The van der Waals surface area contributed by atoms with Crippen LogP contribution in [0.25, 0.3) is 0 Å². The second kappa shape index (κ2) is 2.35. The maximum atomic E-state index is 4.08. The zero-order valence-corrected chi connectivity index (χ0v) is 9.56. The van der Waals surface area contributed by atoms with Gasteiger partial charge in [0.1, 0.15) is 0 Å². The number of hydrogen-bond donors (Lipinski definition) is 0. The first-order chi connectivity index (χ1) is 5.54. The molecule has 1 saturated heterocycles. The van der Waals surface area contributed by atoms with Crippen LogP contribution in [0, 0.1) is 5.92 Å². The normalized spacial score (nSPS) is 52.2. The molecule has 1 saturated carbocycles. The van der Waals surface area contributed by atoms with Crippen LogP contribution in [0.5, 0.6) is 0 Å². The molecule has 3 atom stereocenters. The third-order valence-corrected chi connectivity index (χ3v) is 11.0. The van der Waals surface area contributed by atoms with Crippen molar-refractivity contribution < 1.29 is 0 Å². The van der Waals surface area contributed by atoms with Gasteiger partial charge in [0.2, 0.25) is 0 Å². The third-order valence-electron chi connectivity index (χ3n) is 5.07. The second-order valence-electron chi connectivity index (χ2n) is 5.34. The molecule has 0 aromatic rings. The van der Waals surface area contributed by atoms with Crippen LogP contribution in [-0.4, -0.2) is 24.1 Å². The molecule has 2 rings (SSSR count). The van der Waals surface area contributed by atoms with Crippen LogP contribution in [0.3, 0.4) is 0 Å². The molecule has 1 aliphatic carbocycles. The minimum absolute atomic E-state index is 0.645. The molecule has 0 aromatic carbocycles. The van der Waals surface area contributed by atoms with Gasteiger partial charge in [0.15, 0.2) is 0 Å². The van der Waals surface area contributed by atoms with Gasteiger partial charge in [-0.1, -0.05) is 0 Å². The average molecular weight is 184 g/mol. The van der Waals surface area contributed by atoms with Gasteiger partial charge < -0.3 is 0 Å². The standard InChI is InChI=1S/C11H21P/c1-5-11-7-6-10(11)8-9(2)12(11,3)4/h5,9-10,12H,1,6-8H2,2-4H3. The Balaban J connectivity index is 2.38. The average Bonchev–Trinajstić information content (AvgIpc) is 2.09. The molecule has 2 fully saturated rings. The predicted octanol–water partition coefficient (Wildman–Crippen LogP) is 3.12. The zero-order valence-electron chi connectivity index (χ0n) is 8.56. The molecule has 2 aliphatic rings. The quantitative estimate of drug-likeness (QED) is 0.434. The molecule has 0 bridgehead atoms.